The maximum atomic E-state index is 5.10. The second-order valence-corrected chi connectivity index (χ2v) is 13.2. The molecule has 10 aromatic rings. The van der Waals surface area contributed by atoms with Crippen LogP contribution in [0.4, 0.5) is 0 Å². The molecule has 0 amide bonds. The van der Waals surface area contributed by atoms with Gasteiger partial charge in [-0.15, -0.1) is 0 Å². The normalized spacial score (nSPS) is 11.5. The summed E-state index contributed by atoms with van der Waals surface area (Å²) in [5.74, 6) is 1.93. The standard InChI is InChI=1S/C49H31N3/c1-2-13-35(14-3-1)47-50-48(52-49(51-47)41-18-10-17-38(30-41)39-26-21-32-11-4-5-15-37(32)29-39)36-24-22-34(23-25-36)46-43-20-9-7-16-40(43)31-45-42-19-8-6-12-33(42)27-28-44(45)46/h1-31H. The van der Waals surface area contributed by atoms with E-state index in [1.165, 1.54) is 48.7 Å². The number of nitrogens with zero attached hydrogens (tertiary/aromatic N) is 3. The van der Waals surface area contributed by atoms with Crippen molar-refractivity contribution in [1.82, 2.24) is 15.0 Å². The van der Waals surface area contributed by atoms with Gasteiger partial charge in [0.1, 0.15) is 0 Å². The third kappa shape index (κ3) is 5.28. The number of hydrogen-bond donors (Lipinski definition) is 0. The van der Waals surface area contributed by atoms with Gasteiger partial charge in [0.15, 0.2) is 17.5 Å². The second kappa shape index (κ2) is 12.4. The molecule has 3 heteroatoms. The molecule has 0 bridgehead atoms. The second-order valence-electron chi connectivity index (χ2n) is 13.2. The maximum absolute atomic E-state index is 5.10. The molecule has 0 radical (unpaired) electrons. The van der Waals surface area contributed by atoms with E-state index in [4.69, 9.17) is 15.0 Å². The topological polar surface area (TPSA) is 38.7 Å². The third-order valence-electron chi connectivity index (χ3n) is 10.1. The van der Waals surface area contributed by atoms with Gasteiger partial charge in [0.2, 0.25) is 0 Å². The molecular weight excluding hydrogens is 631 g/mol. The van der Waals surface area contributed by atoms with Crippen LogP contribution in [0.25, 0.3) is 99.5 Å². The number of rotatable bonds is 5. The van der Waals surface area contributed by atoms with E-state index in [2.05, 4.69) is 158 Å². The first-order valence-electron chi connectivity index (χ1n) is 17.6. The minimum absolute atomic E-state index is 0.639. The molecule has 0 aliphatic rings. The van der Waals surface area contributed by atoms with Crippen molar-refractivity contribution in [3.63, 3.8) is 0 Å². The smallest absolute Gasteiger partial charge is 0.164 e. The maximum Gasteiger partial charge on any atom is 0.164 e. The Hall–Kier alpha value is -6.97. The quantitative estimate of drug-likeness (QED) is 0.136. The molecule has 0 N–H and O–H groups in total. The zero-order valence-corrected chi connectivity index (χ0v) is 28.2. The van der Waals surface area contributed by atoms with E-state index in [1.54, 1.807) is 0 Å². The average Bonchev–Trinajstić information content (AvgIpc) is 3.23. The predicted molar refractivity (Wildman–Crippen MR) is 217 cm³/mol. The van der Waals surface area contributed by atoms with Crippen LogP contribution in [0.15, 0.2) is 188 Å². The van der Waals surface area contributed by atoms with Gasteiger partial charge < -0.3 is 0 Å². The average molecular weight is 662 g/mol. The van der Waals surface area contributed by atoms with Gasteiger partial charge in [0, 0.05) is 16.7 Å². The molecule has 10 rings (SSSR count). The van der Waals surface area contributed by atoms with Crippen molar-refractivity contribution in [2.75, 3.05) is 0 Å². The van der Waals surface area contributed by atoms with Crippen molar-refractivity contribution < 1.29 is 0 Å². The van der Waals surface area contributed by atoms with E-state index < -0.39 is 0 Å². The van der Waals surface area contributed by atoms with Gasteiger partial charge in [0.05, 0.1) is 0 Å². The van der Waals surface area contributed by atoms with E-state index >= 15 is 0 Å². The minimum atomic E-state index is 0.639. The highest BCUT2D eigenvalue weighted by Gasteiger charge is 2.16. The van der Waals surface area contributed by atoms with Crippen molar-refractivity contribution in [3.05, 3.63) is 188 Å². The summed E-state index contributed by atoms with van der Waals surface area (Å²) >= 11 is 0. The SMILES string of the molecule is c1ccc(-c2nc(-c3ccc(-c4c5ccccc5cc5c4ccc4ccccc45)cc3)nc(-c3cccc(-c4ccc5ccccc5c4)c3)n2)cc1. The van der Waals surface area contributed by atoms with Gasteiger partial charge in [-0.2, -0.15) is 0 Å². The molecular formula is C49H31N3. The van der Waals surface area contributed by atoms with Gasteiger partial charge in [-0.25, -0.2) is 15.0 Å². The molecule has 0 aliphatic heterocycles. The van der Waals surface area contributed by atoms with Crippen LogP contribution >= 0.6 is 0 Å². The molecule has 3 nitrogen and oxygen atoms in total. The molecule has 0 fully saturated rings. The monoisotopic (exact) mass is 661 g/mol. The van der Waals surface area contributed by atoms with Crippen LogP contribution in [-0.2, 0) is 0 Å². The Morgan fingerprint density at radius 3 is 1.54 bits per heavy atom. The highest BCUT2D eigenvalue weighted by atomic mass is 15.0. The molecule has 0 spiro atoms. The summed E-state index contributed by atoms with van der Waals surface area (Å²) in [4.78, 5) is 15.1. The fourth-order valence-corrected chi connectivity index (χ4v) is 7.47. The van der Waals surface area contributed by atoms with E-state index in [1.807, 2.05) is 30.3 Å². The van der Waals surface area contributed by atoms with Crippen LogP contribution in [0, 0.1) is 0 Å². The molecule has 0 unspecified atom stereocenters. The Morgan fingerprint density at radius 1 is 0.231 bits per heavy atom. The summed E-state index contributed by atoms with van der Waals surface area (Å²) in [6.07, 6.45) is 0. The van der Waals surface area contributed by atoms with Crippen molar-refractivity contribution in [2.24, 2.45) is 0 Å². The molecule has 0 saturated carbocycles. The summed E-state index contributed by atoms with van der Waals surface area (Å²) in [6.45, 7) is 0. The fourth-order valence-electron chi connectivity index (χ4n) is 7.47. The molecule has 52 heavy (non-hydrogen) atoms. The van der Waals surface area contributed by atoms with Crippen LogP contribution in [-0.4, -0.2) is 15.0 Å². The van der Waals surface area contributed by atoms with E-state index in [-0.39, 0.29) is 0 Å². The lowest BCUT2D eigenvalue weighted by atomic mass is 9.89. The van der Waals surface area contributed by atoms with Crippen LogP contribution in [0.3, 0.4) is 0 Å². The molecule has 0 aliphatic carbocycles. The van der Waals surface area contributed by atoms with E-state index in [0.717, 1.165) is 33.4 Å². The van der Waals surface area contributed by atoms with Crippen LogP contribution in [0.2, 0.25) is 0 Å². The number of benzene rings is 9. The zero-order valence-electron chi connectivity index (χ0n) is 28.2. The lowest BCUT2D eigenvalue weighted by Gasteiger charge is -2.14. The lowest BCUT2D eigenvalue weighted by Crippen LogP contribution is -2.00. The highest BCUT2D eigenvalue weighted by molar-refractivity contribution is 6.20. The predicted octanol–water partition coefficient (Wildman–Crippen LogP) is 12.8. The molecule has 1 aromatic heterocycles. The van der Waals surface area contributed by atoms with Crippen molar-refractivity contribution in [1.29, 1.82) is 0 Å². The molecule has 0 saturated heterocycles. The molecule has 242 valence electrons. The summed E-state index contributed by atoms with van der Waals surface area (Å²) in [5, 5.41) is 9.91. The van der Waals surface area contributed by atoms with Crippen molar-refractivity contribution in [3.8, 4) is 56.4 Å². The first-order valence-corrected chi connectivity index (χ1v) is 17.6. The Kier molecular flexibility index (Phi) is 7.14. The van der Waals surface area contributed by atoms with Crippen molar-refractivity contribution in [2.45, 2.75) is 0 Å². The Balaban J connectivity index is 1.10. The largest absolute Gasteiger partial charge is 0.208 e. The summed E-state index contributed by atoms with van der Waals surface area (Å²) < 4.78 is 0. The fraction of sp³-hybridized carbons (Fsp3) is 0. The lowest BCUT2D eigenvalue weighted by molar-refractivity contribution is 1.07. The third-order valence-corrected chi connectivity index (χ3v) is 10.1. The Bertz CT molecular complexity index is 2950. The first-order chi connectivity index (χ1) is 25.7. The summed E-state index contributed by atoms with van der Waals surface area (Å²) in [6, 6.07) is 66.5. The van der Waals surface area contributed by atoms with Gasteiger partial charge in [-0.1, -0.05) is 170 Å². The zero-order chi connectivity index (χ0) is 34.4. The number of aromatic nitrogens is 3. The Labute approximate surface area is 301 Å². The van der Waals surface area contributed by atoms with Crippen LogP contribution in [0.5, 0.6) is 0 Å². The summed E-state index contributed by atoms with van der Waals surface area (Å²) in [7, 11) is 0. The van der Waals surface area contributed by atoms with Crippen LogP contribution < -0.4 is 0 Å². The minimum Gasteiger partial charge on any atom is -0.208 e. The van der Waals surface area contributed by atoms with Crippen molar-refractivity contribution >= 4 is 43.1 Å². The number of hydrogen-bond acceptors (Lipinski definition) is 3. The van der Waals surface area contributed by atoms with Gasteiger partial charge in [-0.05, 0) is 83.5 Å². The molecule has 0 atom stereocenters. The van der Waals surface area contributed by atoms with Crippen LogP contribution in [0.1, 0.15) is 0 Å². The van der Waals surface area contributed by atoms with E-state index in [0.29, 0.717) is 17.5 Å². The van der Waals surface area contributed by atoms with Gasteiger partial charge >= 0.3 is 0 Å². The molecule has 9 aromatic carbocycles. The number of fused-ring (bicyclic) bond motifs is 5. The Morgan fingerprint density at radius 2 is 0.750 bits per heavy atom. The van der Waals surface area contributed by atoms with E-state index in [9.17, 15) is 0 Å². The first kappa shape index (κ1) is 29.9. The van der Waals surface area contributed by atoms with Gasteiger partial charge in [0.25, 0.3) is 0 Å². The highest BCUT2D eigenvalue weighted by Crippen LogP contribution is 2.40. The summed E-state index contributed by atoms with van der Waals surface area (Å²) in [5.41, 5.74) is 7.49. The van der Waals surface area contributed by atoms with Gasteiger partial charge in [-0.3, -0.25) is 0 Å². The molecule has 1 heterocycles.